The molecule has 86 valence electrons. The lowest BCUT2D eigenvalue weighted by atomic mass is 10.2. The van der Waals surface area contributed by atoms with Crippen molar-refractivity contribution in [3.8, 4) is 11.5 Å². The van der Waals surface area contributed by atoms with Crippen LogP contribution in [-0.2, 0) is 9.59 Å². The third-order valence-corrected chi connectivity index (χ3v) is 1.99. The van der Waals surface area contributed by atoms with Gasteiger partial charge in [-0.15, -0.1) is 0 Å². The summed E-state index contributed by atoms with van der Waals surface area (Å²) < 4.78 is 10.1. The lowest BCUT2D eigenvalue weighted by Crippen LogP contribution is -2.11. The van der Waals surface area contributed by atoms with Gasteiger partial charge in [-0.05, 0) is 37.6 Å². The van der Waals surface area contributed by atoms with Gasteiger partial charge in [-0.25, -0.2) is 0 Å². The second kappa shape index (κ2) is 5.30. The number of hydrogen-bond acceptors (Lipinski definition) is 4. The van der Waals surface area contributed by atoms with E-state index in [0.29, 0.717) is 5.75 Å². The largest absolute Gasteiger partial charge is 0.496 e. The molecule has 1 aromatic carbocycles. The minimum absolute atomic E-state index is 0.203. The van der Waals surface area contributed by atoms with E-state index in [1.807, 2.05) is 6.92 Å². The molecule has 4 nitrogen and oxygen atoms in total. The smallest absolute Gasteiger partial charge is 0.318 e. The standard InChI is InChI=1S/C12H14O4/c1-8-6-10(4-5-11(8)15-3)16-12(14)7-9(2)13/h4-6H,7H2,1-3H3. The first-order valence-electron chi connectivity index (χ1n) is 4.87. The summed E-state index contributed by atoms with van der Waals surface area (Å²) in [6, 6.07) is 5.03. The number of esters is 1. The van der Waals surface area contributed by atoms with Crippen LogP contribution in [0.4, 0.5) is 0 Å². The Morgan fingerprint density at radius 2 is 2.00 bits per heavy atom. The summed E-state index contributed by atoms with van der Waals surface area (Å²) in [4.78, 5) is 21.9. The van der Waals surface area contributed by atoms with Gasteiger partial charge in [-0.1, -0.05) is 0 Å². The van der Waals surface area contributed by atoms with Gasteiger partial charge in [0.15, 0.2) is 0 Å². The first kappa shape index (κ1) is 12.2. The Kier molecular flexibility index (Phi) is 4.05. The molecule has 0 saturated carbocycles. The average molecular weight is 222 g/mol. The van der Waals surface area contributed by atoms with E-state index in [0.717, 1.165) is 11.3 Å². The highest BCUT2D eigenvalue weighted by atomic mass is 16.5. The maximum Gasteiger partial charge on any atom is 0.318 e. The molecular weight excluding hydrogens is 208 g/mol. The van der Waals surface area contributed by atoms with E-state index in [9.17, 15) is 9.59 Å². The van der Waals surface area contributed by atoms with Gasteiger partial charge >= 0.3 is 5.97 Å². The van der Waals surface area contributed by atoms with E-state index in [4.69, 9.17) is 9.47 Å². The van der Waals surface area contributed by atoms with Gasteiger partial charge < -0.3 is 9.47 Å². The van der Waals surface area contributed by atoms with Crippen LogP contribution in [0.2, 0.25) is 0 Å². The first-order chi connectivity index (χ1) is 7.52. The Bertz CT molecular complexity index is 409. The predicted octanol–water partition coefficient (Wildman–Crippen LogP) is 1.89. The Morgan fingerprint density at radius 1 is 1.31 bits per heavy atom. The van der Waals surface area contributed by atoms with Crippen LogP contribution in [0.3, 0.4) is 0 Å². The molecular formula is C12H14O4. The van der Waals surface area contributed by atoms with E-state index in [1.165, 1.54) is 6.92 Å². The number of ether oxygens (including phenoxy) is 2. The monoisotopic (exact) mass is 222 g/mol. The van der Waals surface area contributed by atoms with Gasteiger partial charge in [0.25, 0.3) is 0 Å². The fourth-order valence-electron chi connectivity index (χ4n) is 1.29. The maximum absolute atomic E-state index is 11.2. The van der Waals surface area contributed by atoms with Crippen molar-refractivity contribution >= 4 is 11.8 Å². The minimum atomic E-state index is -0.544. The van der Waals surface area contributed by atoms with Gasteiger partial charge in [0.05, 0.1) is 7.11 Å². The summed E-state index contributed by atoms with van der Waals surface area (Å²) in [7, 11) is 1.57. The molecule has 0 heterocycles. The van der Waals surface area contributed by atoms with E-state index in [-0.39, 0.29) is 12.2 Å². The zero-order valence-electron chi connectivity index (χ0n) is 9.57. The van der Waals surface area contributed by atoms with Crippen molar-refractivity contribution in [2.75, 3.05) is 7.11 Å². The second-order valence-corrected chi connectivity index (χ2v) is 3.48. The molecule has 0 unspecified atom stereocenters. The number of rotatable bonds is 4. The number of Topliss-reactive ketones (excluding diaryl/α,β-unsaturated/α-hetero) is 1. The lowest BCUT2D eigenvalue weighted by Gasteiger charge is -2.07. The van der Waals surface area contributed by atoms with Crippen molar-refractivity contribution in [3.63, 3.8) is 0 Å². The summed E-state index contributed by atoms with van der Waals surface area (Å²) >= 11 is 0. The Balaban J connectivity index is 2.71. The molecule has 0 atom stereocenters. The van der Waals surface area contributed by atoms with Crippen molar-refractivity contribution in [2.45, 2.75) is 20.3 Å². The van der Waals surface area contributed by atoms with Crippen LogP contribution in [-0.4, -0.2) is 18.9 Å². The van der Waals surface area contributed by atoms with E-state index in [2.05, 4.69) is 0 Å². The summed E-state index contributed by atoms with van der Waals surface area (Å²) in [5, 5.41) is 0. The van der Waals surface area contributed by atoms with Crippen molar-refractivity contribution < 1.29 is 19.1 Å². The highest BCUT2D eigenvalue weighted by Crippen LogP contribution is 2.23. The molecule has 1 rings (SSSR count). The molecule has 0 aliphatic heterocycles. The predicted molar refractivity (Wildman–Crippen MR) is 58.7 cm³/mol. The van der Waals surface area contributed by atoms with E-state index in [1.54, 1.807) is 25.3 Å². The third-order valence-electron chi connectivity index (χ3n) is 1.99. The molecule has 0 aliphatic rings. The van der Waals surface area contributed by atoms with Crippen molar-refractivity contribution in [2.24, 2.45) is 0 Å². The molecule has 0 radical (unpaired) electrons. The van der Waals surface area contributed by atoms with Crippen LogP contribution >= 0.6 is 0 Å². The Morgan fingerprint density at radius 3 is 2.50 bits per heavy atom. The van der Waals surface area contributed by atoms with Gasteiger partial charge in [0.2, 0.25) is 0 Å². The quantitative estimate of drug-likeness (QED) is 0.443. The van der Waals surface area contributed by atoms with Gasteiger partial charge in [-0.2, -0.15) is 0 Å². The topological polar surface area (TPSA) is 52.6 Å². The Hall–Kier alpha value is -1.84. The molecule has 1 aromatic rings. The number of ketones is 1. The van der Waals surface area contributed by atoms with Gasteiger partial charge in [0.1, 0.15) is 23.7 Å². The number of hydrogen-bond donors (Lipinski definition) is 0. The number of carbonyl (C=O) groups excluding carboxylic acids is 2. The summed E-state index contributed by atoms with van der Waals surface area (Å²) in [5.74, 6) is 0.392. The number of methoxy groups -OCH3 is 1. The highest BCUT2D eigenvalue weighted by Gasteiger charge is 2.08. The zero-order chi connectivity index (χ0) is 12.1. The molecule has 16 heavy (non-hydrogen) atoms. The number of carbonyl (C=O) groups is 2. The molecule has 0 fully saturated rings. The minimum Gasteiger partial charge on any atom is -0.496 e. The molecule has 0 N–H and O–H groups in total. The van der Waals surface area contributed by atoms with Crippen LogP contribution < -0.4 is 9.47 Å². The third kappa shape index (κ3) is 3.38. The molecule has 0 spiro atoms. The zero-order valence-corrected chi connectivity index (χ0v) is 9.57. The molecule has 4 heteroatoms. The molecule has 0 aromatic heterocycles. The summed E-state index contributed by atoms with van der Waals surface area (Å²) in [6.07, 6.45) is -0.203. The SMILES string of the molecule is COc1ccc(OC(=O)CC(C)=O)cc1C. The average Bonchev–Trinajstić information content (AvgIpc) is 2.16. The fraction of sp³-hybridized carbons (Fsp3) is 0.333. The van der Waals surface area contributed by atoms with E-state index < -0.39 is 5.97 Å². The van der Waals surface area contributed by atoms with Crippen LogP contribution in [0.5, 0.6) is 11.5 Å². The normalized spacial score (nSPS) is 9.69. The fourth-order valence-corrected chi connectivity index (χ4v) is 1.29. The first-order valence-corrected chi connectivity index (χ1v) is 4.87. The van der Waals surface area contributed by atoms with Crippen LogP contribution in [0.25, 0.3) is 0 Å². The van der Waals surface area contributed by atoms with Crippen molar-refractivity contribution in [1.82, 2.24) is 0 Å². The van der Waals surface area contributed by atoms with Gasteiger partial charge in [-0.3, -0.25) is 9.59 Å². The van der Waals surface area contributed by atoms with Crippen molar-refractivity contribution in [1.29, 1.82) is 0 Å². The highest BCUT2D eigenvalue weighted by molar-refractivity contribution is 5.94. The number of aryl methyl sites for hydroxylation is 1. The molecule has 0 aliphatic carbocycles. The molecule has 0 saturated heterocycles. The summed E-state index contributed by atoms with van der Waals surface area (Å²) in [6.45, 7) is 3.20. The summed E-state index contributed by atoms with van der Waals surface area (Å²) in [5.41, 5.74) is 0.871. The second-order valence-electron chi connectivity index (χ2n) is 3.48. The maximum atomic E-state index is 11.2. The van der Waals surface area contributed by atoms with Crippen LogP contribution in [0.15, 0.2) is 18.2 Å². The molecule has 0 bridgehead atoms. The van der Waals surface area contributed by atoms with Crippen LogP contribution in [0.1, 0.15) is 18.9 Å². The molecule has 0 amide bonds. The number of benzene rings is 1. The lowest BCUT2D eigenvalue weighted by molar-refractivity contribution is -0.137. The van der Waals surface area contributed by atoms with Crippen LogP contribution in [0, 0.1) is 6.92 Å². The van der Waals surface area contributed by atoms with Gasteiger partial charge in [0, 0.05) is 0 Å². The van der Waals surface area contributed by atoms with E-state index >= 15 is 0 Å². The van der Waals surface area contributed by atoms with Crippen molar-refractivity contribution in [3.05, 3.63) is 23.8 Å². The Labute approximate surface area is 94.2 Å².